The molecule has 1 atom stereocenters. The zero-order valence-electron chi connectivity index (χ0n) is 10.1. The minimum Gasteiger partial charge on any atom is -0.366 e. The summed E-state index contributed by atoms with van der Waals surface area (Å²) >= 11 is 0. The summed E-state index contributed by atoms with van der Waals surface area (Å²) in [6, 6.07) is 1.33. The third-order valence-corrected chi connectivity index (χ3v) is 2.89. The van der Waals surface area contributed by atoms with Gasteiger partial charge in [-0.25, -0.2) is 4.98 Å². The molecule has 0 saturated carbocycles. The van der Waals surface area contributed by atoms with E-state index in [9.17, 15) is 17.6 Å². The Morgan fingerprint density at radius 1 is 1.42 bits per heavy atom. The van der Waals surface area contributed by atoms with Gasteiger partial charge in [0.25, 0.3) is 0 Å². The number of halogens is 4. The van der Waals surface area contributed by atoms with E-state index in [0.717, 1.165) is 6.42 Å². The standard InChI is InChI=1S/C11H14F4N4/c12-10-16-4-3-9(18-10)17-8-2-1-5-19(6-8)7-11(13,14)15/h3-4,8H,1-2,5-7H2,(H,16,17,18). The van der Waals surface area contributed by atoms with Crippen molar-refractivity contribution in [1.29, 1.82) is 0 Å². The highest BCUT2D eigenvalue weighted by Gasteiger charge is 2.33. The number of piperidine rings is 1. The average molecular weight is 278 g/mol. The van der Waals surface area contributed by atoms with Crippen LogP contribution in [0, 0.1) is 6.08 Å². The zero-order chi connectivity index (χ0) is 13.9. The van der Waals surface area contributed by atoms with E-state index >= 15 is 0 Å². The molecule has 4 nitrogen and oxygen atoms in total. The molecule has 2 rings (SSSR count). The van der Waals surface area contributed by atoms with Gasteiger partial charge in [0.1, 0.15) is 5.82 Å². The van der Waals surface area contributed by atoms with Crippen LogP contribution in [0.2, 0.25) is 0 Å². The molecule has 0 aromatic carbocycles. The SMILES string of the molecule is Fc1nccc(NC2CCCN(CC(F)(F)F)C2)n1. The van der Waals surface area contributed by atoms with Gasteiger partial charge in [0.05, 0.1) is 6.54 Å². The number of likely N-dealkylation sites (tertiary alicyclic amines) is 1. The van der Waals surface area contributed by atoms with Crippen molar-refractivity contribution in [2.45, 2.75) is 25.1 Å². The molecule has 1 N–H and O–H groups in total. The topological polar surface area (TPSA) is 41.1 Å². The van der Waals surface area contributed by atoms with Crippen LogP contribution in [0.4, 0.5) is 23.4 Å². The Bertz CT molecular complexity index is 423. The van der Waals surface area contributed by atoms with E-state index in [-0.39, 0.29) is 12.6 Å². The summed E-state index contributed by atoms with van der Waals surface area (Å²) in [5, 5.41) is 2.94. The van der Waals surface area contributed by atoms with Crippen LogP contribution in [-0.4, -0.2) is 46.7 Å². The lowest BCUT2D eigenvalue weighted by Gasteiger charge is -2.33. The van der Waals surface area contributed by atoms with Crippen molar-refractivity contribution in [1.82, 2.24) is 14.9 Å². The van der Waals surface area contributed by atoms with Crippen molar-refractivity contribution in [2.75, 3.05) is 25.0 Å². The van der Waals surface area contributed by atoms with Crippen molar-refractivity contribution >= 4 is 5.82 Å². The number of nitrogens with zero attached hydrogens (tertiary/aromatic N) is 3. The molecule has 1 aromatic heterocycles. The largest absolute Gasteiger partial charge is 0.401 e. The van der Waals surface area contributed by atoms with Crippen LogP contribution in [0.15, 0.2) is 12.3 Å². The molecule has 106 valence electrons. The molecule has 8 heteroatoms. The van der Waals surface area contributed by atoms with Gasteiger partial charge in [-0.05, 0) is 25.5 Å². The fraction of sp³-hybridized carbons (Fsp3) is 0.636. The quantitative estimate of drug-likeness (QED) is 0.678. The highest BCUT2D eigenvalue weighted by molar-refractivity contribution is 5.33. The molecule has 1 fully saturated rings. The summed E-state index contributed by atoms with van der Waals surface area (Å²) < 4.78 is 49.7. The first-order valence-corrected chi connectivity index (χ1v) is 5.96. The number of hydrogen-bond acceptors (Lipinski definition) is 4. The number of hydrogen-bond donors (Lipinski definition) is 1. The van der Waals surface area contributed by atoms with E-state index in [1.165, 1.54) is 17.2 Å². The normalized spacial score (nSPS) is 21.4. The molecule has 0 spiro atoms. The summed E-state index contributed by atoms with van der Waals surface area (Å²) in [5.74, 6) is 0.298. The minimum absolute atomic E-state index is 0.162. The van der Waals surface area contributed by atoms with Gasteiger partial charge >= 0.3 is 12.3 Å². The highest BCUT2D eigenvalue weighted by Crippen LogP contribution is 2.21. The number of nitrogens with one attached hydrogen (secondary N) is 1. The first kappa shape index (κ1) is 14.0. The van der Waals surface area contributed by atoms with Crippen LogP contribution in [0.5, 0.6) is 0 Å². The van der Waals surface area contributed by atoms with Crippen LogP contribution in [0.1, 0.15) is 12.8 Å². The third kappa shape index (κ3) is 4.62. The summed E-state index contributed by atoms with van der Waals surface area (Å²) in [7, 11) is 0. The van der Waals surface area contributed by atoms with E-state index in [1.54, 1.807) is 0 Å². The van der Waals surface area contributed by atoms with Gasteiger partial charge in [-0.3, -0.25) is 4.90 Å². The Morgan fingerprint density at radius 3 is 2.89 bits per heavy atom. The first-order chi connectivity index (χ1) is 8.92. The van der Waals surface area contributed by atoms with Crippen LogP contribution in [0.25, 0.3) is 0 Å². The van der Waals surface area contributed by atoms with Gasteiger partial charge in [0, 0.05) is 18.8 Å². The molecule has 0 aliphatic carbocycles. The monoisotopic (exact) mass is 278 g/mol. The van der Waals surface area contributed by atoms with Crippen molar-refractivity contribution in [2.24, 2.45) is 0 Å². The molecule has 0 amide bonds. The second kappa shape index (κ2) is 5.68. The van der Waals surface area contributed by atoms with Crippen LogP contribution >= 0.6 is 0 Å². The summed E-state index contributed by atoms with van der Waals surface area (Å²) in [5.41, 5.74) is 0. The van der Waals surface area contributed by atoms with Gasteiger partial charge in [-0.2, -0.15) is 22.5 Å². The van der Waals surface area contributed by atoms with Crippen molar-refractivity contribution in [3.05, 3.63) is 18.3 Å². The Kier molecular flexibility index (Phi) is 4.18. The van der Waals surface area contributed by atoms with E-state index in [1.807, 2.05) is 0 Å². The molecule has 2 heterocycles. The number of alkyl halides is 3. The number of aromatic nitrogens is 2. The lowest BCUT2D eigenvalue weighted by Crippen LogP contribution is -2.45. The minimum atomic E-state index is -4.19. The maximum absolute atomic E-state index is 12.8. The second-order valence-electron chi connectivity index (χ2n) is 4.54. The molecule has 1 saturated heterocycles. The van der Waals surface area contributed by atoms with Gasteiger partial charge in [-0.1, -0.05) is 0 Å². The molecule has 0 radical (unpaired) electrons. The molecule has 1 unspecified atom stereocenters. The van der Waals surface area contributed by atoms with E-state index in [0.29, 0.717) is 18.8 Å². The van der Waals surface area contributed by atoms with Gasteiger partial charge < -0.3 is 5.32 Å². The number of rotatable bonds is 3. The van der Waals surface area contributed by atoms with E-state index < -0.39 is 18.8 Å². The van der Waals surface area contributed by atoms with Crippen LogP contribution < -0.4 is 5.32 Å². The molecular weight excluding hydrogens is 264 g/mol. The van der Waals surface area contributed by atoms with Gasteiger partial charge in [0.2, 0.25) is 0 Å². The van der Waals surface area contributed by atoms with E-state index in [4.69, 9.17) is 0 Å². The Labute approximate surface area is 107 Å². The maximum Gasteiger partial charge on any atom is 0.401 e. The van der Waals surface area contributed by atoms with Gasteiger partial charge in [0.15, 0.2) is 0 Å². The molecule has 1 aliphatic rings. The summed E-state index contributed by atoms with van der Waals surface area (Å²) in [4.78, 5) is 8.20. The smallest absolute Gasteiger partial charge is 0.366 e. The Balaban J connectivity index is 1.91. The number of anilines is 1. The fourth-order valence-corrected chi connectivity index (χ4v) is 2.19. The molecular formula is C11H14F4N4. The second-order valence-corrected chi connectivity index (χ2v) is 4.54. The average Bonchev–Trinajstić information content (AvgIpc) is 2.27. The third-order valence-electron chi connectivity index (χ3n) is 2.89. The van der Waals surface area contributed by atoms with E-state index in [2.05, 4.69) is 15.3 Å². The first-order valence-electron chi connectivity index (χ1n) is 5.96. The van der Waals surface area contributed by atoms with Crippen molar-refractivity contribution in [3.63, 3.8) is 0 Å². The highest BCUT2D eigenvalue weighted by atomic mass is 19.4. The maximum atomic E-state index is 12.8. The Morgan fingerprint density at radius 2 is 2.21 bits per heavy atom. The Hall–Kier alpha value is -1.44. The van der Waals surface area contributed by atoms with Crippen LogP contribution in [0.3, 0.4) is 0 Å². The molecule has 1 aromatic rings. The van der Waals surface area contributed by atoms with Crippen molar-refractivity contribution < 1.29 is 17.6 Å². The molecule has 0 bridgehead atoms. The van der Waals surface area contributed by atoms with Crippen molar-refractivity contribution in [3.8, 4) is 0 Å². The lowest BCUT2D eigenvalue weighted by atomic mass is 10.1. The summed E-state index contributed by atoms with van der Waals surface area (Å²) in [6.45, 7) is -0.218. The zero-order valence-corrected chi connectivity index (χ0v) is 10.1. The van der Waals surface area contributed by atoms with Gasteiger partial charge in [-0.15, -0.1) is 0 Å². The summed E-state index contributed by atoms with van der Waals surface area (Å²) in [6.07, 6.45) is -2.38. The predicted molar refractivity (Wildman–Crippen MR) is 61.1 cm³/mol. The lowest BCUT2D eigenvalue weighted by molar-refractivity contribution is -0.147. The fourth-order valence-electron chi connectivity index (χ4n) is 2.19. The predicted octanol–water partition coefficient (Wildman–Crippen LogP) is 2.05. The van der Waals surface area contributed by atoms with Crippen LogP contribution in [-0.2, 0) is 0 Å². The molecule has 1 aliphatic heterocycles. The molecule has 19 heavy (non-hydrogen) atoms.